The summed E-state index contributed by atoms with van der Waals surface area (Å²) < 4.78 is 10.0. The molecule has 0 bridgehead atoms. The number of benzene rings is 2. The highest BCUT2D eigenvalue weighted by Gasteiger charge is 2.12. The lowest BCUT2D eigenvalue weighted by Gasteiger charge is -2.11. The summed E-state index contributed by atoms with van der Waals surface area (Å²) in [7, 11) is 1.24. The molecule has 2 rings (SSSR count). The number of carbonyl (C=O) groups is 2. The van der Waals surface area contributed by atoms with Crippen molar-refractivity contribution in [3.05, 3.63) is 52.0 Å². The molecule has 2 aromatic carbocycles. The number of phenols is 1. The van der Waals surface area contributed by atoms with Gasteiger partial charge < -0.3 is 19.9 Å². The van der Waals surface area contributed by atoms with Crippen LogP contribution >= 0.6 is 11.6 Å². The van der Waals surface area contributed by atoms with Crippen LogP contribution in [0.3, 0.4) is 0 Å². The molecule has 0 unspecified atom stereocenters. The summed E-state index contributed by atoms with van der Waals surface area (Å²) in [5.74, 6) is -0.745. The van der Waals surface area contributed by atoms with Gasteiger partial charge in [0.05, 0.1) is 18.4 Å². The molecule has 132 valence electrons. The number of carbonyl (C=O) groups excluding carboxylic acids is 2. The first-order chi connectivity index (χ1) is 11.8. The van der Waals surface area contributed by atoms with Gasteiger partial charge in [0.1, 0.15) is 11.5 Å². The smallest absolute Gasteiger partial charge is 0.337 e. The minimum Gasteiger partial charge on any atom is -0.506 e. The first-order valence-electron chi connectivity index (χ1n) is 7.42. The number of aromatic hydroxyl groups is 1. The number of hydrogen-bond acceptors (Lipinski definition) is 5. The third-order valence-electron chi connectivity index (χ3n) is 3.47. The summed E-state index contributed by atoms with van der Waals surface area (Å²) in [6.45, 7) is 3.46. The van der Waals surface area contributed by atoms with Crippen LogP contribution in [-0.4, -0.2) is 30.7 Å². The molecule has 0 radical (unpaired) electrons. The lowest BCUT2D eigenvalue weighted by atomic mass is 10.1. The molecule has 2 N–H and O–H groups in total. The number of phenolic OH excluding ortho intramolecular Hbond substituents is 1. The van der Waals surface area contributed by atoms with E-state index in [1.807, 2.05) is 13.8 Å². The lowest BCUT2D eigenvalue weighted by molar-refractivity contribution is -0.118. The van der Waals surface area contributed by atoms with Gasteiger partial charge in [-0.25, -0.2) is 4.79 Å². The van der Waals surface area contributed by atoms with Crippen molar-refractivity contribution in [3.8, 4) is 11.5 Å². The molecule has 7 heteroatoms. The molecule has 0 atom stereocenters. The third-order valence-corrected chi connectivity index (χ3v) is 4.07. The number of rotatable bonds is 5. The lowest BCUT2D eigenvalue weighted by Crippen LogP contribution is -2.20. The predicted molar refractivity (Wildman–Crippen MR) is 94.5 cm³/mol. The highest BCUT2D eigenvalue weighted by Crippen LogP contribution is 2.26. The van der Waals surface area contributed by atoms with Crippen molar-refractivity contribution in [2.45, 2.75) is 13.8 Å². The van der Waals surface area contributed by atoms with E-state index in [9.17, 15) is 14.7 Å². The summed E-state index contributed by atoms with van der Waals surface area (Å²) in [6.07, 6.45) is 0. The van der Waals surface area contributed by atoms with E-state index < -0.39 is 11.9 Å². The zero-order chi connectivity index (χ0) is 18.6. The van der Waals surface area contributed by atoms with Crippen LogP contribution in [0.15, 0.2) is 30.3 Å². The van der Waals surface area contributed by atoms with Gasteiger partial charge in [0.15, 0.2) is 6.61 Å². The molecule has 25 heavy (non-hydrogen) atoms. The number of ether oxygens (including phenoxy) is 2. The highest BCUT2D eigenvalue weighted by atomic mass is 35.5. The first kappa shape index (κ1) is 18.6. The number of methoxy groups -OCH3 is 1. The average Bonchev–Trinajstić information content (AvgIpc) is 2.58. The summed E-state index contributed by atoms with van der Waals surface area (Å²) in [5, 5.41) is 13.1. The molecule has 0 saturated heterocycles. The van der Waals surface area contributed by atoms with Crippen LogP contribution in [0.25, 0.3) is 0 Å². The van der Waals surface area contributed by atoms with E-state index in [1.165, 1.54) is 25.3 Å². The normalized spacial score (nSPS) is 10.2. The van der Waals surface area contributed by atoms with Crippen LogP contribution in [0.2, 0.25) is 5.02 Å². The molecule has 0 aromatic heterocycles. The maximum atomic E-state index is 12.0. The molecule has 0 heterocycles. The molecule has 0 aliphatic carbocycles. The van der Waals surface area contributed by atoms with Gasteiger partial charge in [-0.2, -0.15) is 0 Å². The predicted octanol–water partition coefficient (Wildman–Crippen LogP) is 3.47. The first-order valence-corrected chi connectivity index (χ1v) is 7.80. The standard InChI is InChI=1S/C18H18ClNO5/c1-10-6-13(7-11(2)17(10)19)25-9-16(22)20-14-5-4-12(8-15(14)21)18(23)24-3/h4-8,21H,9H2,1-3H3,(H,20,22). The molecule has 0 spiro atoms. The van der Waals surface area contributed by atoms with Crippen LogP contribution < -0.4 is 10.1 Å². The van der Waals surface area contributed by atoms with E-state index in [2.05, 4.69) is 10.1 Å². The maximum absolute atomic E-state index is 12.0. The van der Waals surface area contributed by atoms with Gasteiger partial charge in [-0.05, 0) is 55.3 Å². The maximum Gasteiger partial charge on any atom is 0.337 e. The van der Waals surface area contributed by atoms with Gasteiger partial charge in [0, 0.05) is 5.02 Å². The van der Waals surface area contributed by atoms with Crippen LogP contribution in [0, 0.1) is 13.8 Å². The molecule has 1 amide bonds. The molecular weight excluding hydrogens is 346 g/mol. The SMILES string of the molecule is COC(=O)c1ccc(NC(=O)COc2cc(C)c(Cl)c(C)c2)c(O)c1. The number of amides is 1. The van der Waals surface area contributed by atoms with Crippen molar-refractivity contribution in [1.82, 2.24) is 0 Å². The fraction of sp³-hybridized carbons (Fsp3) is 0.222. The fourth-order valence-electron chi connectivity index (χ4n) is 2.21. The van der Waals surface area contributed by atoms with Crippen molar-refractivity contribution in [3.63, 3.8) is 0 Å². The second-order valence-corrected chi connectivity index (χ2v) is 5.81. The fourth-order valence-corrected chi connectivity index (χ4v) is 2.32. The Morgan fingerprint density at radius 2 is 1.80 bits per heavy atom. The Labute approximate surface area is 150 Å². The average molecular weight is 364 g/mol. The summed E-state index contributed by atoms with van der Waals surface area (Å²) in [5.41, 5.74) is 2.06. The zero-order valence-electron chi connectivity index (χ0n) is 14.1. The van der Waals surface area contributed by atoms with Crippen molar-refractivity contribution in [2.75, 3.05) is 19.0 Å². The Morgan fingerprint density at radius 3 is 2.36 bits per heavy atom. The Bertz CT molecular complexity index is 796. The third kappa shape index (κ3) is 4.64. The summed E-state index contributed by atoms with van der Waals surface area (Å²) >= 11 is 6.09. The second-order valence-electron chi connectivity index (χ2n) is 5.43. The van der Waals surface area contributed by atoms with Gasteiger partial charge in [-0.3, -0.25) is 4.79 Å². The van der Waals surface area contributed by atoms with E-state index in [-0.39, 0.29) is 23.6 Å². The molecule has 0 aliphatic rings. The van der Waals surface area contributed by atoms with Gasteiger partial charge in [-0.15, -0.1) is 0 Å². The van der Waals surface area contributed by atoms with Gasteiger partial charge >= 0.3 is 5.97 Å². The number of esters is 1. The molecule has 6 nitrogen and oxygen atoms in total. The number of hydrogen-bond donors (Lipinski definition) is 2. The van der Waals surface area contributed by atoms with Crippen molar-refractivity contribution in [1.29, 1.82) is 0 Å². The molecule has 0 fully saturated rings. The molecule has 2 aromatic rings. The van der Waals surface area contributed by atoms with E-state index in [4.69, 9.17) is 16.3 Å². The summed E-state index contributed by atoms with van der Waals surface area (Å²) in [6, 6.07) is 7.55. The van der Waals surface area contributed by atoms with Crippen LogP contribution in [-0.2, 0) is 9.53 Å². The quantitative estimate of drug-likeness (QED) is 0.627. The number of nitrogens with one attached hydrogen (secondary N) is 1. The van der Waals surface area contributed by atoms with Crippen LogP contribution in [0.5, 0.6) is 11.5 Å². The summed E-state index contributed by atoms with van der Waals surface area (Å²) in [4.78, 5) is 23.4. The van der Waals surface area contributed by atoms with E-state index in [0.717, 1.165) is 11.1 Å². The Kier molecular flexibility index (Phi) is 5.88. The van der Waals surface area contributed by atoms with Crippen molar-refractivity contribution >= 4 is 29.2 Å². The van der Waals surface area contributed by atoms with Gasteiger partial charge in [0.2, 0.25) is 0 Å². The van der Waals surface area contributed by atoms with E-state index in [1.54, 1.807) is 12.1 Å². The largest absolute Gasteiger partial charge is 0.506 e. The van der Waals surface area contributed by atoms with Crippen molar-refractivity contribution in [2.24, 2.45) is 0 Å². The van der Waals surface area contributed by atoms with E-state index in [0.29, 0.717) is 10.8 Å². The molecule has 0 aliphatic heterocycles. The zero-order valence-corrected chi connectivity index (χ0v) is 14.8. The highest BCUT2D eigenvalue weighted by molar-refractivity contribution is 6.32. The number of aryl methyl sites for hydroxylation is 2. The minimum atomic E-state index is -0.579. The second kappa shape index (κ2) is 7.90. The Morgan fingerprint density at radius 1 is 1.16 bits per heavy atom. The van der Waals surface area contributed by atoms with Gasteiger partial charge in [0.25, 0.3) is 5.91 Å². The topological polar surface area (TPSA) is 84.9 Å². The van der Waals surface area contributed by atoms with E-state index >= 15 is 0 Å². The minimum absolute atomic E-state index is 0.171. The number of halogens is 1. The Balaban J connectivity index is 2.00. The van der Waals surface area contributed by atoms with Gasteiger partial charge in [-0.1, -0.05) is 11.6 Å². The number of anilines is 1. The molecule has 0 saturated carbocycles. The monoisotopic (exact) mass is 363 g/mol. The van der Waals surface area contributed by atoms with Crippen LogP contribution in [0.4, 0.5) is 5.69 Å². The Hall–Kier alpha value is -2.73. The molecular formula is C18H18ClNO5. The van der Waals surface area contributed by atoms with Crippen LogP contribution in [0.1, 0.15) is 21.5 Å². The van der Waals surface area contributed by atoms with Crippen molar-refractivity contribution < 1.29 is 24.2 Å².